The summed E-state index contributed by atoms with van der Waals surface area (Å²) in [5.74, 6) is 0.423. The van der Waals surface area contributed by atoms with Crippen LogP contribution in [0.4, 0.5) is 0 Å². The number of ether oxygens (including phenoxy) is 1. The first-order valence-electron chi connectivity index (χ1n) is 8.55. The number of hydrogen-bond donors (Lipinski definition) is 2. The molecule has 1 aliphatic rings. The number of amides is 1. The van der Waals surface area contributed by atoms with Gasteiger partial charge in [-0.2, -0.15) is 0 Å². The van der Waals surface area contributed by atoms with Crippen molar-refractivity contribution in [2.24, 2.45) is 5.92 Å². The quantitative estimate of drug-likeness (QED) is 0.857. The number of nitrogens with one attached hydrogen (secondary N) is 2. The number of hydrogen-bond acceptors (Lipinski definition) is 2. The highest BCUT2D eigenvalue weighted by atomic mass is 35.5. The third-order valence-corrected chi connectivity index (χ3v) is 5.12. The molecule has 1 fully saturated rings. The first-order valence-corrected chi connectivity index (χ1v) is 8.93. The zero-order valence-electron chi connectivity index (χ0n) is 14.7. The zero-order valence-corrected chi connectivity index (χ0v) is 15.4. The van der Waals surface area contributed by atoms with Crippen LogP contribution in [0, 0.1) is 12.8 Å². The van der Waals surface area contributed by atoms with Crippen LogP contribution in [0.25, 0.3) is 10.9 Å². The molecule has 1 aliphatic heterocycles. The van der Waals surface area contributed by atoms with E-state index in [1.807, 2.05) is 18.2 Å². The molecule has 0 saturated carbocycles. The van der Waals surface area contributed by atoms with E-state index in [-0.39, 0.29) is 24.2 Å². The highest BCUT2D eigenvalue weighted by Gasteiger charge is 2.34. The van der Waals surface area contributed by atoms with E-state index in [2.05, 4.69) is 31.1 Å². The summed E-state index contributed by atoms with van der Waals surface area (Å²) in [6, 6.07) is 6.02. The summed E-state index contributed by atoms with van der Waals surface area (Å²) in [4.78, 5) is 15.0. The monoisotopic (exact) mass is 348 g/mol. The van der Waals surface area contributed by atoms with Gasteiger partial charge in [-0.15, -0.1) is 0 Å². The summed E-state index contributed by atoms with van der Waals surface area (Å²) in [6.45, 7) is 8.00. The van der Waals surface area contributed by atoms with E-state index in [1.165, 1.54) is 5.56 Å². The molecule has 0 bridgehead atoms. The third kappa shape index (κ3) is 3.45. The topological polar surface area (TPSA) is 54.1 Å². The van der Waals surface area contributed by atoms with Crippen molar-refractivity contribution in [2.75, 3.05) is 0 Å². The lowest BCUT2D eigenvalue weighted by molar-refractivity contribution is -0.123. The van der Waals surface area contributed by atoms with Crippen LogP contribution in [0.1, 0.15) is 51.0 Å². The molecule has 0 unspecified atom stereocenters. The number of aryl methyl sites for hydroxylation is 1. The van der Waals surface area contributed by atoms with Crippen LogP contribution in [0.2, 0.25) is 5.02 Å². The van der Waals surface area contributed by atoms with Gasteiger partial charge in [-0.25, -0.2) is 0 Å². The third-order valence-electron chi connectivity index (χ3n) is 4.89. The minimum Gasteiger partial charge on any atom is -0.368 e. The van der Waals surface area contributed by atoms with Gasteiger partial charge in [-0.05, 0) is 49.4 Å². The molecule has 1 aromatic carbocycles. The molecule has 130 valence electrons. The Bertz CT molecular complexity index is 753. The van der Waals surface area contributed by atoms with Gasteiger partial charge in [0.1, 0.15) is 0 Å². The number of fused-ring (bicyclic) bond motifs is 1. The van der Waals surface area contributed by atoms with Crippen LogP contribution < -0.4 is 5.32 Å². The van der Waals surface area contributed by atoms with Crippen LogP contribution in [0.3, 0.4) is 0 Å². The van der Waals surface area contributed by atoms with Crippen molar-refractivity contribution in [3.05, 3.63) is 34.5 Å². The number of aromatic nitrogens is 1. The van der Waals surface area contributed by atoms with Crippen molar-refractivity contribution in [1.29, 1.82) is 0 Å². The minimum absolute atomic E-state index is 0.0170. The van der Waals surface area contributed by atoms with Crippen LogP contribution in [0.5, 0.6) is 0 Å². The normalized spacial score (nSPS) is 24.5. The molecule has 1 aromatic heterocycles. The maximum atomic E-state index is 11.5. The van der Waals surface area contributed by atoms with Gasteiger partial charge < -0.3 is 15.0 Å². The number of aromatic amines is 1. The minimum atomic E-state index is -0.0471. The average Bonchev–Trinajstić information content (AvgIpc) is 2.83. The molecular formula is C19H25ClN2O2. The Kier molecular flexibility index (Phi) is 4.88. The number of H-pyrrole nitrogens is 1. The predicted molar refractivity (Wildman–Crippen MR) is 97.3 cm³/mol. The fraction of sp³-hybridized carbons (Fsp3) is 0.526. The van der Waals surface area contributed by atoms with E-state index in [0.29, 0.717) is 5.92 Å². The molecule has 2 N–H and O–H groups in total. The van der Waals surface area contributed by atoms with E-state index in [4.69, 9.17) is 16.3 Å². The van der Waals surface area contributed by atoms with E-state index in [0.717, 1.165) is 34.5 Å². The first kappa shape index (κ1) is 17.3. The number of carbonyl (C=O) groups is 1. The SMILES string of the molecule is CC(=O)N[C@H]1C[C@@H](C(C)C)O[C@@H](c2[nH]c3ccc(Cl)cc3c2C)C1. The Labute approximate surface area is 147 Å². The summed E-state index contributed by atoms with van der Waals surface area (Å²) in [7, 11) is 0. The van der Waals surface area contributed by atoms with Crippen LogP contribution in [0.15, 0.2) is 18.2 Å². The van der Waals surface area contributed by atoms with Crippen LogP contribution >= 0.6 is 11.6 Å². The van der Waals surface area contributed by atoms with E-state index < -0.39 is 0 Å². The molecule has 1 amide bonds. The molecule has 0 spiro atoms. The lowest BCUT2D eigenvalue weighted by Gasteiger charge is -2.37. The Balaban J connectivity index is 1.94. The Morgan fingerprint density at radius 1 is 1.38 bits per heavy atom. The fourth-order valence-corrected chi connectivity index (χ4v) is 3.79. The standard InChI is InChI=1S/C19H25ClN2O2/c1-10(2)17-8-14(21-12(4)23)9-18(24-17)19-11(3)15-7-13(20)5-6-16(15)22-19/h5-7,10,14,17-18,22H,8-9H2,1-4H3,(H,21,23)/t14-,17-,18+/m0/s1. The molecule has 0 radical (unpaired) electrons. The van der Waals surface area contributed by atoms with Crippen molar-refractivity contribution in [3.63, 3.8) is 0 Å². The fourth-order valence-electron chi connectivity index (χ4n) is 3.62. The maximum absolute atomic E-state index is 11.5. The molecule has 5 heteroatoms. The van der Waals surface area contributed by atoms with Crippen molar-refractivity contribution in [1.82, 2.24) is 10.3 Å². The lowest BCUT2D eigenvalue weighted by atomic mass is 9.90. The van der Waals surface area contributed by atoms with Crippen LogP contribution in [-0.4, -0.2) is 23.0 Å². The van der Waals surface area contributed by atoms with Crippen LogP contribution in [-0.2, 0) is 9.53 Å². The van der Waals surface area contributed by atoms with E-state index in [1.54, 1.807) is 6.92 Å². The van der Waals surface area contributed by atoms with Crippen molar-refractivity contribution >= 4 is 28.4 Å². The van der Waals surface area contributed by atoms with Gasteiger partial charge in [-0.1, -0.05) is 25.4 Å². The number of rotatable bonds is 3. The van der Waals surface area contributed by atoms with Gasteiger partial charge >= 0.3 is 0 Å². The molecular weight excluding hydrogens is 324 g/mol. The summed E-state index contributed by atoms with van der Waals surface area (Å²) < 4.78 is 6.37. The average molecular weight is 349 g/mol. The highest BCUT2D eigenvalue weighted by Crippen LogP contribution is 2.37. The Morgan fingerprint density at radius 2 is 2.12 bits per heavy atom. The second kappa shape index (κ2) is 6.77. The largest absolute Gasteiger partial charge is 0.368 e. The van der Waals surface area contributed by atoms with Gasteiger partial charge in [0.15, 0.2) is 0 Å². The van der Waals surface area contributed by atoms with Crippen molar-refractivity contribution in [2.45, 2.75) is 58.8 Å². The Hall–Kier alpha value is -1.52. The molecule has 1 saturated heterocycles. The molecule has 24 heavy (non-hydrogen) atoms. The molecule has 2 aromatic rings. The summed E-state index contributed by atoms with van der Waals surface area (Å²) in [5.41, 5.74) is 3.33. The second-order valence-corrected chi connectivity index (χ2v) is 7.57. The molecule has 0 aliphatic carbocycles. The number of halogens is 1. The first-order chi connectivity index (χ1) is 11.3. The number of benzene rings is 1. The molecule has 4 nitrogen and oxygen atoms in total. The van der Waals surface area contributed by atoms with E-state index >= 15 is 0 Å². The summed E-state index contributed by atoms with van der Waals surface area (Å²) >= 11 is 6.14. The summed E-state index contributed by atoms with van der Waals surface area (Å²) in [6.07, 6.45) is 1.73. The summed E-state index contributed by atoms with van der Waals surface area (Å²) in [5, 5.41) is 4.94. The van der Waals surface area contributed by atoms with Gasteiger partial charge in [0.25, 0.3) is 0 Å². The molecule has 2 heterocycles. The molecule has 3 atom stereocenters. The number of carbonyl (C=O) groups excluding carboxylic acids is 1. The second-order valence-electron chi connectivity index (χ2n) is 7.13. The lowest BCUT2D eigenvalue weighted by Crippen LogP contribution is -2.43. The van der Waals surface area contributed by atoms with Gasteiger partial charge in [0, 0.05) is 34.6 Å². The van der Waals surface area contributed by atoms with Gasteiger partial charge in [0.05, 0.1) is 12.2 Å². The molecule has 3 rings (SSSR count). The van der Waals surface area contributed by atoms with Crippen molar-refractivity contribution in [3.8, 4) is 0 Å². The zero-order chi connectivity index (χ0) is 17.4. The van der Waals surface area contributed by atoms with E-state index in [9.17, 15) is 4.79 Å². The Morgan fingerprint density at radius 3 is 2.79 bits per heavy atom. The smallest absolute Gasteiger partial charge is 0.217 e. The van der Waals surface area contributed by atoms with Gasteiger partial charge in [-0.3, -0.25) is 4.79 Å². The van der Waals surface area contributed by atoms with Gasteiger partial charge in [0.2, 0.25) is 5.91 Å². The predicted octanol–water partition coefficient (Wildman–Crippen LogP) is 4.51. The highest BCUT2D eigenvalue weighted by molar-refractivity contribution is 6.31. The van der Waals surface area contributed by atoms with Crippen molar-refractivity contribution < 1.29 is 9.53 Å². The maximum Gasteiger partial charge on any atom is 0.217 e.